The molecule has 1 atom stereocenters. The fourth-order valence-electron chi connectivity index (χ4n) is 0.974. The molecule has 0 N–H and O–H groups in total. The summed E-state index contributed by atoms with van der Waals surface area (Å²) in [6, 6.07) is 4.05. The van der Waals surface area contributed by atoms with Crippen LogP contribution in [-0.4, -0.2) is 4.98 Å². The Hall–Kier alpha value is -1.11. The van der Waals surface area contributed by atoms with Crippen molar-refractivity contribution in [1.29, 1.82) is 0 Å². The Morgan fingerprint density at radius 1 is 1.54 bits per heavy atom. The topological polar surface area (TPSA) is 12.9 Å². The molecule has 0 amide bonds. The number of allylic oxidation sites excluding steroid dienone is 1. The molecule has 0 aromatic carbocycles. The molecule has 72 valence electrons. The summed E-state index contributed by atoms with van der Waals surface area (Å²) in [6.45, 7) is 9.89. The molecule has 1 nitrogen and oxygen atoms in total. The van der Waals surface area contributed by atoms with Crippen molar-refractivity contribution in [3.05, 3.63) is 42.7 Å². The van der Waals surface area contributed by atoms with E-state index in [4.69, 9.17) is 0 Å². The molecule has 0 radical (unpaired) electrons. The van der Waals surface area contributed by atoms with Crippen molar-refractivity contribution in [3.63, 3.8) is 0 Å². The summed E-state index contributed by atoms with van der Waals surface area (Å²) in [4.78, 5) is 4.04. The van der Waals surface area contributed by atoms with Crippen LogP contribution >= 0.6 is 0 Å². The third-order valence-electron chi connectivity index (χ3n) is 1.68. The highest BCUT2D eigenvalue weighted by Crippen LogP contribution is 2.06. The number of hydrogen-bond acceptors (Lipinski definition) is 1. The fraction of sp³-hybridized carbons (Fsp3) is 0.417. The second-order valence-corrected chi connectivity index (χ2v) is 2.78. The molecule has 1 aromatic rings. The number of rotatable bonds is 3. The SMILES string of the molecule is C=C[C@@H](C)Cc1cccnc1.CC. The summed E-state index contributed by atoms with van der Waals surface area (Å²) in [7, 11) is 0. The van der Waals surface area contributed by atoms with Crippen molar-refractivity contribution >= 4 is 0 Å². The zero-order valence-electron chi connectivity index (χ0n) is 8.83. The molecule has 13 heavy (non-hydrogen) atoms. The van der Waals surface area contributed by atoms with Gasteiger partial charge in [-0.25, -0.2) is 0 Å². The smallest absolute Gasteiger partial charge is 0.0300 e. The summed E-state index contributed by atoms with van der Waals surface area (Å²) in [5.74, 6) is 0.541. The van der Waals surface area contributed by atoms with Gasteiger partial charge in [0.2, 0.25) is 0 Å². The lowest BCUT2D eigenvalue weighted by Gasteiger charge is -2.03. The van der Waals surface area contributed by atoms with Gasteiger partial charge < -0.3 is 0 Å². The van der Waals surface area contributed by atoms with E-state index >= 15 is 0 Å². The first-order chi connectivity index (χ1) is 6.33. The first-order valence-corrected chi connectivity index (χ1v) is 4.84. The highest BCUT2D eigenvalue weighted by Gasteiger charge is 1.97. The van der Waals surface area contributed by atoms with Crippen LogP contribution in [0.4, 0.5) is 0 Å². The van der Waals surface area contributed by atoms with Crippen molar-refractivity contribution in [2.75, 3.05) is 0 Å². The third-order valence-corrected chi connectivity index (χ3v) is 1.68. The Labute approximate surface area is 81.5 Å². The molecule has 1 heterocycles. The Balaban J connectivity index is 0.000000671. The van der Waals surface area contributed by atoms with E-state index in [1.54, 1.807) is 6.20 Å². The summed E-state index contributed by atoms with van der Waals surface area (Å²) in [5.41, 5.74) is 1.28. The minimum Gasteiger partial charge on any atom is -0.264 e. The van der Waals surface area contributed by atoms with Crippen molar-refractivity contribution in [2.24, 2.45) is 5.92 Å². The molecule has 0 bridgehead atoms. The first kappa shape index (κ1) is 11.9. The normalized spacial score (nSPS) is 11.0. The van der Waals surface area contributed by atoms with E-state index in [0.29, 0.717) is 5.92 Å². The van der Waals surface area contributed by atoms with Crippen LogP contribution in [0.3, 0.4) is 0 Å². The van der Waals surface area contributed by atoms with Gasteiger partial charge in [-0.2, -0.15) is 0 Å². The van der Waals surface area contributed by atoms with Crippen molar-refractivity contribution in [1.82, 2.24) is 4.98 Å². The predicted octanol–water partition coefficient (Wildman–Crippen LogP) is 3.47. The quantitative estimate of drug-likeness (QED) is 0.644. The molecule has 0 aliphatic heterocycles. The lowest BCUT2D eigenvalue weighted by molar-refractivity contribution is 0.723. The molecule has 0 saturated heterocycles. The van der Waals surface area contributed by atoms with E-state index in [1.165, 1.54) is 5.56 Å². The molecule has 1 aromatic heterocycles. The van der Waals surface area contributed by atoms with E-state index in [1.807, 2.05) is 32.2 Å². The van der Waals surface area contributed by atoms with Gasteiger partial charge in [-0.1, -0.05) is 32.9 Å². The van der Waals surface area contributed by atoms with Crippen LogP contribution in [0.15, 0.2) is 37.2 Å². The minimum absolute atomic E-state index is 0.541. The lowest BCUT2D eigenvalue weighted by atomic mass is 10.0. The Morgan fingerprint density at radius 3 is 2.69 bits per heavy atom. The molecule has 1 rings (SSSR count). The van der Waals surface area contributed by atoms with E-state index in [9.17, 15) is 0 Å². The molecule has 0 spiro atoms. The van der Waals surface area contributed by atoms with E-state index in [0.717, 1.165) is 6.42 Å². The van der Waals surface area contributed by atoms with Crippen LogP contribution in [-0.2, 0) is 6.42 Å². The zero-order valence-corrected chi connectivity index (χ0v) is 8.83. The van der Waals surface area contributed by atoms with Gasteiger partial charge in [-0.15, -0.1) is 6.58 Å². The molecule has 0 aliphatic carbocycles. The zero-order chi connectivity index (χ0) is 10.1. The standard InChI is InChI=1S/C10H13N.C2H6/c1-3-9(2)7-10-5-4-6-11-8-10;1-2/h3-6,8-9H,1,7H2,2H3;1-2H3/t9-;/m1./s1. The summed E-state index contributed by atoms with van der Waals surface area (Å²) < 4.78 is 0. The van der Waals surface area contributed by atoms with Gasteiger partial charge in [0, 0.05) is 12.4 Å². The van der Waals surface area contributed by atoms with E-state index < -0.39 is 0 Å². The molecular weight excluding hydrogens is 158 g/mol. The third kappa shape index (κ3) is 5.18. The fourth-order valence-corrected chi connectivity index (χ4v) is 0.974. The molecule has 0 fully saturated rings. The highest BCUT2D eigenvalue weighted by molar-refractivity contribution is 5.10. The van der Waals surface area contributed by atoms with Gasteiger partial charge in [0.1, 0.15) is 0 Å². The second-order valence-electron chi connectivity index (χ2n) is 2.78. The van der Waals surface area contributed by atoms with Gasteiger partial charge in [0.25, 0.3) is 0 Å². The summed E-state index contributed by atoms with van der Waals surface area (Å²) >= 11 is 0. The average molecular weight is 177 g/mol. The number of nitrogens with zero attached hydrogens (tertiary/aromatic N) is 1. The highest BCUT2D eigenvalue weighted by atomic mass is 14.6. The first-order valence-electron chi connectivity index (χ1n) is 4.84. The van der Waals surface area contributed by atoms with Crippen molar-refractivity contribution in [2.45, 2.75) is 27.2 Å². The second kappa shape index (κ2) is 7.53. The maximum Gasteiger partial charge on any atom is 0.0300 e. The van der Waals surface area contributed by atoms with Crippen molar-refractivity contribution < 1.29 is 0 Å². The van der Waals surface area contributed by atoms with Crippen LogP contribution in [0.2, 0.25) is 0 Å². The van der Waals surface area contributed by atoms with Gasteiger partial charge in [0.15, 0.2) is 0 Å². The Morgan fingerprint density at radius 2 is 2.23 bits per heavy atom. The van der Waals surface area contributed by atoms with Gasteiger partial charge >= 0.3 is 0 Å². The van der Waals surface area contributed by atoms with Crippen LogP contribution in [0, 0.1) is 5.92 Å². The van der Waals surface area contributed by atoms with E-state index in [-0.39, 0.29) is 0 Å². The number of aromatic nitrogens is 1. The maximum absolute atomic E-state index is 4.04. The van der Waals surface area contributed by atoms with Gasteiger partial charge in [-0.3, -0.25) is 4.98 Å². The summed E-state index contributed by atoms with van der Waals surface area (Å²) in [6.07, 6.45) is 6.70. The lowest BCUT2D eigenvalue weighted by Crippen LogP contribution is -1.94. The van der Waals surface area contributed by atoms with E-state index in [2.05, 4.69) is 24.6 Å². The number of hydrogen-bond donors (Lipinski definition) is 0. The summed E-state index contributed by atoms with van der Waals surface area (Å²) in [5, 5.41) is 0. The van der Waals surface area contributed by atoms with Crippen molar-refractivity contribution in [3.8, 4) is 0 Å². The van der Waals surface area contributed by atoms with Gasteiger partial charge in [0.05, 0.1) is 0 Å². The molecule has 0 saturated carbocycles. The van der Waals surface area contributed by atoms with Crippen LogP contribution in [0.5, 0.6) is 0 Å². The van der Waals surface area contributed by atoms with Crippen LogP contribution < -0.4 is 0 Å². The largest absolute Gasteiger partial charge is 0.264 e. The number of pyridine rings is 1. The van der Waals surface area contributed by atoms with Gasteiger partial charge in [-0.05, 0) is 24.0 Å². The Bertz CT molecular complexity index is 216. The maximum atomic E-state index is 4.04. The molecule has 1 heteroatoms. The predicted molar refractivity (Wildman–Crippen MR) is 58.7 cm³/mol. The van der Waals surface area contributed by atoms with Crippen LogP contribution in [0.25, 0.3) is 0 Å². The minimum atomic E-state index is 0.541. The average Bonchev–Trinajstić information content (AvgIpc) is 2.22. The van der Waals surface area contributed by atoms with Crippen LogP contribution in [0.1, 0.15) is 26.3 Å². The Kier molecular flexibility index (Phi) is 6.89. The monoisotopic (exact) mass is 177 g/mol. The molecule has 0 unspecified atom stereocenters. The molecular formula is C12H19N. The molecule has 0 aliphatic rings.